The summed E-state index contributed by atoms with van der Waals surface area (Å²) in [5.41, 5.74) is -0.0420. The lowest BCUT2D eigenvalue weighted by Crippen LogP contribution is -2.40. The molecule has 0 aliphatic carbocycles. The molecule has 1 amide bonds. The third-order valence-electron chi connectivity index (χ3n) is 4.62. The van der Waals surface area contributed by atoms with Crippen LogP contribution in [0.2, 0.25) is 0 Å². The second kappa shape index (κ2) is 7.18. The topological polar surface area (TPSA) is 80.5 Å². The van der Waals surface area contributed by atoms with Crippen molar-refractivity contribution in [3.8, 4) is 5.75 Å². The number of aliphatic hydroxyl groups is 1. The molecule has 0 bridgehead atoms. The van der Waals surface area contributed by atoms with E-state index in [0.717, 1.165) is 18.7 Å². The molecule has 1 saturated heterocycles. The van der Waals surface area contributed by atoms with Crippen LogP contribution in [-0.4, -0.2) is 50.9 Å². The van der Waals surface area contributed by atoms with Crippen LogP contribution in [-0.2, 0) is 13.7 Å². The molecule has 0 spiro atoms. The molecule has 3 rings (SSSR count). The van der Waals surface area contributed by atoms with Crippen molar-refractivity contribution in [2.75, 3.05) is 20.2 Å². The van der Waals surface area contributed by atoms with Crippen molar-refractivity contribution in [1.82, 2.24) is 19.7 Å². The minimum atomic E-state index is -0.590. The molecule has 1 aromatic carbocycles. The monoisotopic (exact) mass is 348 g/mol. The van der Waals surface area contributed by atoms with Gasteiger partial charge in [-0.1, -0.05) is 6.07 Å². The molecule has 1 N–H and O–H groups in total. The fourth-order valence-corrected chi connectivity index (χ4v) is 3.28. The maximum absolute atomic E-state index is 14.2. The lowest BCUT2D eigenvalue weighted by molar-refractivity contribution is 0.0695. The Morgan fingerprint density at radius 3 is 2.92 bits per heavy atom. The predicted molar refractivity (Wildman–Crippen MR) is 87.8 cm³/mol. The van der Waals surface area contributed by atoms with Crippen LogP contribution >= 0.6 is 0 Å². The number of methoxy groups -OCH3 is 1. The molecule has 25 heavy (non-hydrogen) atoms. The van der Waals surface area contributed by atoms with Gasteiger partial charge in [-0.05, 0) is 25.0 Å². The summed E-state index contributed by atoms with van der Waals surface area (Å²) in [6, 6.07) is 4.35. The number of halogens is 1. The SMILES string of the molecule is COc1cccc(F)c1C(=O)N1CCC[C@H](c2nnc(CO)n2C)C1. The molecule has 0 saturated carbocycles. The molecule has 1 atom stereocenters. The number of piperidine rings is 1. The van der Waals surface area contributed by atoms with Crippen molar-refractivity contribution in [3.63, 3.8) is 0 Å². The van der Waals surface area contributed by atoms with Gasteiger partial charge in [0.05, 0.1) is 7.11 Å². The summed E-state index contributed by atoms with van der Waals surface area (Å²) in [6.45, 7) is 0.788. The van der Waals surface area contributed by atoms with Gasteiger partial charge in [-0.25, -0.2) is 4.39 Å². The number of likely N-dealkylation sites (tertiary alicyclic amines) is 1. The Morgan fingerprint density at radius 2 is 2.24 bits per heavy atom. The van der Waals surface area contributed by atoms with Gasteiger partial charge in [0.1, 0.15) is 29.6 Å². The number of nitrogens with zero attached hydrogens (tertiary/aromatic N) is 4. The summed E-state index contributed by atoms with van der Waals surface area (Å²) in [5, 5.41) is 17.4. The number of aromatic nitrogens is 3. The van der Waals surface area contributed by atoms with Gasteiger partial charge in [0.2, 0.25) is 0 Å². The molecule has 134 valence electrons. The highest BCUT2D eigenvalue weighted by molar-refractivity contribution is 5.97. The standard InChI is InChI=1S/C17H21FN4O3/c1-21-14(10-23)19-20-16(21)11-5-4-8-22(9-11)17(24)15-12(18)6-3-7-13(15)25-2/h3,6-7,11,23H,4-5,8-10H2,1-2H3/t11-/m0/s1. The largest absolute Gasteiger partial charge is 0.496 e. The van der Waals surface area contributed by atoms with Crippen LogP contribution in [0.25, 0.3) is 0 Å². The first-order chi connectivity index (χ1) is 12.1. The molecule has 8 heteroatoms. The Kier molecular flexibility index (Phi) is 4.98. The zero-order valence-electron chi connectivity index (χ0n) is 14.3. The molecule has 1 aliphatic rings. The second-order valence-electron chi connectivity index (χ2n) is 6.10. The first-order valence-corrected chi connectivity index (χ1v) is 8.17. The second-order valence-corrected chi connectivity index (χ2v) is 6.10. The van der Waals surface area contributed by atoms with E-state index in [1.54, 1.807) is 22.6 Å². The summed E-state index contributed by atoms with van der Waals surface area (Å²) in [7, 11) is 3.21. The average molecular weight is 348 g/mol. The first kappa shape index (κ1) is 17.3. The van der Waals surface area contributed by atoms with E-state index in [-0.39, 0.29) is 29.7 Å². The van der Waals surface area contributed by atoms with Crippen molar-refractivity contribution in [2.45, 2.75) is 25.4 Å². The quantitative estimate of drug-likeness (QED) is 0.905. The van der Waals surface area contributed by atoms with Crippen molar-refractivity contribution < 1.29 is 19.0 Å². The van der Waals surface area contributed by atoms with E-state index >= 15 is 0 Å². The van der Waals surface area contributed by atoms with Gasteiger partial charge in [-0.3, -0.25) is 4.79 Å². The summed E-state index contributed by atoms with van der Waals surface area (Å²) < 4.78 is 21.1. The highest BCUT2D eigenvalue weighted by Gasteiger charge is 2.31. The van der Waals surface area contributed by atoms with Crippen molar-refractivity contribution in [2.24, 2.45) is 7.05 Å². The fourth-order valence-electron chi connectivity index (χ4n) is 3.28. The summed E-state index contributed by atoms with van der Waals surface area (Å²) >= 11 is 0. The molecule has 7 nitrogen and oxygen atoms in total. The maximum Gasteiger partial charge on any atom is 0.260 e. The summed E-state index contributed by atoms with van der Waals surface area (Å²) in [5.74, 6) is 0.454. The van der Waals surface area contributed by atoms with Crippen LogP contribution in [0.3, 0.4) is 0 Å². The molecule has 2 heterocycles. The average Bonchev–Trinajstić information content (AvgIpc) is 3.01. The molecule has 1 aliphatic heterocycles. The molecule has 1 fully saturated rings. The van der Waals surface area contributed by atoms with Gasteiger partial charge in [-0.2, -0.15) is 0 Å². The van der Waals surface area contributed by atoms with Gasteiger partial charge in [0.15, 0.2) is 5.82 Å². The van der Waals surface area contributed by atoms with Gasteiger partial charge in [0.25, 0.3) is 5.91 Å². The van der Waals surface area contributed by atoms with Crippen molar-refractivity contribution >= 4 is 5.91 Å². The zero-order chi connectivity index (χ0) is 18.0. The Morgan fingerprint density at radius 1 is 1.44 bits per heavy atom. The number of benzene rings is 1. The summed E-state index contributed by atoms with van der Waals surface area (Å²) in [4.78, 5) is 14.5. The van der Waals surface area contributed by atoms with Gasteiger partial charge < -0.3 is 19.3 Å². The van der Waals surface area contributed by atoms with E-state index in [0.29, 0.717) is 18.9 Å². The van der Waals surface area contributed by atoms with Crippen LogP contribution in [0, 0.1) is 5.82 Å². The highest BCUT2D eigenvalue weighted by Crippen LogP contribution is 2.29. The molecule has 1 aromatic heterocycles. The van der Waals surface area contributed by atoms with Gasteiger partial charge in [0, 0.05) is 26.1 Å². The normalized spacial score (nSPS) is 17.6. The van der Waals surface area contributed by atoms with Crippen LogP contribution in [0.15, 0.2) is 18.2 Å². The zero-order valence-corrected chi connectivity index (χ0v) is 14.3. The molecule has 0 unspecified atom stereocenters. The van der Waals surface area contributed by atoms with Crippen LogP contribution < -0.4 is 4.74 Å². The number of rotatable bonds is 4. The van der Waals surface area contributed by atoms with E-state index in [4.69, 9.17) is 4.74 Å². The van der Waals surface area contributed by atoms with E-state index in [2.05, 4.69) is 10.2 Å². The van der Waals surface area contributed by atoms with Crippen LogP contribution in [0.5, 0.6) is 5.75 Å². The number of hydrogen-bond donors (Lipinski definition) is 1. The predicted octanol–water partition coefficient (Wildman–Crippen LogP) is 1.47. The van der Waals surface area contributed by atoms with Crippen LogP contribution in [0.4, 0.5) is 4.39 Å². The third-order valence-corrected chi connectivity index (χ3v) is 4.62. The summed E-state index contributed by atoms with van der Waals surface area (Å²) in [6.07, 6.45) is 1.64. The number of amides is 1. The van der Waals surface area contributed by atoms with Crippen molar-refractivity contribution in [3.05, 3.63) is 41.2 Å². The lowest BCUT2D eigenvalue weighted by Gasteiger charge is -2.32. The molecular weight excluding hydrogens is 327 g/mol. The minimum Gasteiger partial charge on any atom is -0.496 e. The Labute approximate surface area is 145 Å². The first-order valence-electron chi connectivity index (χ1n) is 8.17. The number of hydrogen-bond acceptors (Lipinski definition) is 5. The molecular formula is C17H21FN4O3. The minimum absolute atomic E-state index is 0.00623. The molecule has 0 radical (unpaired) electrons. The smallest absolute Gasteiger partial charge is 0.260 e. The van der Waals surface area contributed by atoms with Gasteiger partial charge >= 0.3 is 0 Å². The van der Waals surface area contributed by atoms with E-state index < -0.39 is 5.82 Å². The van der Waals surface area contributed by atoms with Crippen LogP contribution in [0.1, 0.15) is 40.8 Å². The third kappa shape index (κ3) is 3.21. The number of ether oxygens (including phenoxy) is 1. The fraction of sp³-hybridized carbons (Fsp3) is 0.471. The number of carbonyl (C=O) groups excluding carboxylic acids is 1. The Hall–Kier alpha value is -2.48. The van der Waals surface area contributed by atoms with Crippen molar-refractivity contribution in [1.29, 1.82) is 0 Å². The number of carbonyl (C=O) groups is 1. The number of aliphatic hydroxyl groups excluding tert-OH is 1. The Balaban J connectivity index is 1.84. The Bertz CT molecular complexity index is 777. The lowest BCUT2D eigenvalue weighted by atomic mass is 9.96. The van der Waals surface area contributed by atoms with E-state index in [9.17, 15) is 14.3 Å². The van der Waals surface area contributed by atoms with E-state index in [1.165, 1.54) is 19.2 Å². The van der Waals surface area contributed by atoms with Gasteiger partial charge in [-0.15, -0.1) is 10.2 Å². The van der Waals surface area contributed by atoms with E-state index in [1.807, 2.05) is 0 Å². The maximum atomic E-state index is 14.2. The molecule has 2 aromatic rings. The highest BCUT2D eigenvalue weighted by atomic mass is 19.1.